The molecule has 1 saturated carbocycles. The molecule has 2 heteroatoms. The summed E-state index contributed by atoms with van der Waals surface area (Å²) < 4.78 is 11.3. The molecule has 0 unspecified atom stereocenters. The summed E-state index contributed by atoms with van der Waals surface area (Å²) >= 11 is 0. The van der Waals surface area contributed by atoms with Crippen LogP contribution in [0.15, 0.2) is 12.7 Å². The lowest BCUT2D eigenvalue weighted by Crippen LogP contribution is -2.34. The normalized spacial score (nSPS) is 33.9. The molecule has 0 aromatic heterocycles. The molecule has 2 fully saturated rings. The monoisotopic (exact) mass is 210 g/mol. The van der Waals surface area contributed by atoms with Gasteiger partial charge in [-0.15, -0.1) is 6.58 Å². The number of allylic oxidation sites excluding steroid dienone is 1. The van der Waals surface area contributed by atoms with Crippen LogP contribution >= 0.6 is 0 Å². The van der Waals surface area contributed by atoms with E-state index in [1.807, 2.05) is 0 Å². The van der Waals surface area contributed by atoms with E-state index in [0.29, 0.717) is 5.92 Å². The van der Waals surface area contributed by atoms with Crippen LogP contribution in [0.5, 0.6) is 0 Å². The lowest BCUT2D eigenvalue weighted by atomic mass is 9.80. The minimum Gasteiger partial charge on any atom is -0.352 e. The maximum Gasteiger partial charge on any atom is 0.160 e. The minimum absolute atomic E-state index is 0.100. The van der Waals surface area contributed by atoms with E-state index in [1.54, 1.807) is 0 Å². The number of rotatable bonds is 3. The smallest absolute Gasteiger partial charge is 0.160 e. The van der Waals surface area contributed by atoms with Gasteiger partial charge in [-0.25, -0.2) is 0 Å². The van der Waals surface area contributed by atoms with E-state index >= 15 is 0 Å². The van der Waals surface area contributed by atoms with E-state index in [9.17, 15) is 0 Å². The van der Waals surface area contributed by atoms with Crippen molar-refractivity contribution in [1.29, 1.82) is 0 Å². The topological polar surface area (TPSA) is 18.5 Å². The zero-order valence-corrected chi connectivity index (χ0v) is 9.49. The Morgan fingerprint density at radius 1 is 1.07 bits per heavy atom. The number of hydrogen-bond acceptors (Lipinski definition) is 2. The third kappa shape index (κ3) is 3.05. The standard InChI is InChI=1S/C13H22O2/c1-2-4-11-5-7-12(8-6-11)13-14-9-3-10-15-13/h2,11-13H,1,3-10H2. The Hall–Kier alpha value is -0.340. The van der Waals surface area contributed by atoms with Crippen molar-refractivity contribution < 1.29 is 9.47 Å². The largest absolute Gasteiger partial charge is 0.352 e. The summed E-state index contributed by atoms with van der Waals surface area (Å²) in [4.78, 5) is 0. The van der Waals surface area contributed by atoms with Crippen molar-refractivity contribution in [2.75, 3.05) is 13.2 Å². The van der Waals surface area contributed by atoms with Crippen molar-refractivity contribution in [3.05, 3.63) is 12.7 Å². The van der Waals surface area contributed by atoms with Gasteiger partial charge in [0.25, 0.3) is 0 Å². The predicted molar refractivity (Wildman–Crippen MR) is 60.6 cm³/mol. The van der Waals surface area contributed by atoms with E-state index in [2.05, 4.69) is 12.7 Å². The van der Waals surface area contributed by atoms with Crippen LogP contribution < -0.4 is 0 Å². The molecular weight excluding hydrogens is 188 g/mol. The molecule has 0 N–H and O–H groups in total. The molecule has 2 nitrogen and oxygen atoms in total. The van der Waals surface area contributed by atoms with Gasteiger partial charge < -0.3 is 9.47 Å². The van der Waals surface area contributed by atoms with Crippen LogP contribution in [-0.4, -0.2) is 19.5 Å². The lowest BCUT2D eigenvalue weighted by molar-refractivity contribution is -0.210. The van der Waals surface area contributed by atoms with E-state index in [0.717, 1.165) is 25.6 Å². The minimum atomic E-state index is 0.100. The van der Waals surface area contributed by atoms with Crippen LogP contribution in [0, 0.1) is 11.8 Å². The molecule has 2 rings (SSSR count). The third-order valence-corrected chi connectivity index (χ3v) is 3.63. The summed E-state index contributed by atoms with van der Waals surface area (Å²) in [6.45, 7) is 5.59. The average Bonchev–Trinajstić information content (AvgIpc) is 2.32. The second kappa shape index (κ2) is 5.66. The van der Waals surface area contributed by atoms with Gasteiger partial charge in [-0.1, -0.05) is 6.08 Å². The van der Waals surface area contributed by atoms with Gasteiger partial charge in [0.1, 0.15) is 0 Å². The molecule has 1 aliphatic heterocycles. The van der Waals surface area contributed by atoms with Gasteiger partial charge in [0.2, 0.25) is 0 Å². The molecule has 0 radical (unpaired) electrons. The van der Waals surface area contributed by atoms with Crippen LogP contribution in [0.2, 0.25) is 0 Å². The first-order chi connectivity index (χ1) is 7.40. The Morgan fingerprint density at radius 2 is 1.73 bits per heavy atom. The van der Waals surface area contributed by atoms with Crippen molar-refractivity contribution in [3.63, 3.8) is 0 Å². The van der Waals surface area contributed by atoms with Crippen molar-refractivity contribution in [3.8, 4) is 0 Å². The first-order valence-corrected chi connectivity index (χ1v) is 6.24. The molecule has 1 saturated heterocycles. The molecule has 2 aliphatic rings. The molecule has 15 heavy (non-hydrogen) atoms. The second-order valence-corrected chi connectivity index (χ2v) is 4.77. The molecule has 1 heterocycles. The average molecular weight is 210 g/mol. The molecule has 0 amide bonds. The number of ether oxygens (including phenoxy) is 2. The van der Waals surface area contributed by atoms with Gasteiger partial charge >= 0.3 is 0 Å². The molecule has 0 spiro atoms. The highest BCUT2D eigenvalue weighted by Crippen LogP contribution is 2.34. The maximum atomic E-state index is 5.67. The lowest BCUT2D eigenvalue weighted by Gasteiger charge is -2.35. The SMILES string of the molecule is C=CCC1CCC(C2OCCCO2)CC1. The van der Waals surface area contributed by atoms with Crippen molar-refractivity contribution >= 4 is 0 Å². The second-order valence-electron chi connectivity index (χ2n) is 4.77. The van der Waals surface area contributed by atoms with Crippen LogP contribution in [0.1, 0.15) is 38.5 Å². The zero-order chi connectivity index (χ0) is 10.5. The van der Waals surface area contributed by atoms with Crippen molar-refractivity contribution in [2.24, 2.45) is 11.8 Å². The van der Waals surface area contributed by atoms with Crippen LogP contribution in [0.3, 0.4) is 0 Å². The van der Waals surface area contributed by atoms with Gasteiger partial charge in [0.15, 0.2) is 6.29 Å². The van der Waals surface area contributed by atoms with Crippen LogP contribution in [0.4, 0.5) is 0 Å². The van der Waals surface area contributed by atoms with E-state index in [1.165, 1.54) is 32.1 Å². The zero-order valence-electron chi connectivity index (χ0n) is 9.49. The summed E-state index contributed by atoms with van der Waals surface area (Å²) in [6, 6.07) is 0. The van der Waals surface area contributed by atoms with Gasteiger partial charge in [0, 0.05) is 5.92 Å². The van der Waals surface area contributed by atoms with Crippen LogP contribution in [-0.2, 0) is 9.47 Å². The third-order valence-electron chi connectivity index (χ3n) is 3.63. The first kappa shape index (κ1) is 11.2. The van der Waals surface area contributed by atoms with Crippen molar-refractivity contribution in [1.82, 2.24) is 0 Å². The molecule has 1 aliphatic carbocycles. The fraction of sp³-hybridized carbons (Fsp3) is 0.846. The highest BCUT2D eigenvalue weighted by atomic mass is 16.7. The summed E-state index contributed by atoms with van der Waals surface area (Å²) in [5.74, 6) is 1.51. The van der Waals surface area contributed by atoms with Crippen LogP contribution in [0.25, 0.3) is 0 Å². The van der Waals surface area contributed by atoms with Gasteiger partial charge in [-0.3, -0.25) is 0 Å². The molecule has 0 bridgehead atoms. The predicted octanol–water partition coefficient (Wildman–Crippen LogP) is 3.13. The molecule has 0 aromatic carbocycles. The fourth-order valence-corrected chi connectivity index (χ4v) is 2.71. The van der Waals surface area contributed by atoms with Gasteiger partial charge in [-0.2, -0.15) is 0 Å². The summed E-state index contributed by atoms with van der Waals surface area (Å²) in [5, 5.41) is 0. The maximum absolute atomic E-state index is 5.67. The highest BCUT2D eigenvalue weighted by Gasteiger charge is 2.29. The highest BCUT2D eigenvalue weighted by molar-refractivity contribution is 4.80. The molecule has 86 valence electrons. The number of hydrogen-bond donors (Lipinski definition) is 0. The summed E-state index contributed by atoms with van der Waals surface area (Å²) in [7, 11) is 0. The summed E-state index contributed by atoms with van der Waals surface area (Å²) in [5.41, 5.74) is 0. The van der Waals surface area contributed by atoms with E-state index in [-0.39, 0.29) is 6.29 Å². The first-order valence-electron chi connectivity index (χ1n) is 6.24. The Labute approximate surface area is 92.6 Å². The van der Waals surface area contributed by atoms with E-state index in [4.69, 9.17) is 9.47 Å². The van der Waals surface area contributed by atoms with Crippen molar-refractivity contribution in [2.45, 2.75) is 44.8 Å². The Balaban J connectivity index is 1.74. The fourth-order valence-electron chi connectivity index (χ4n) is 2.71. The summed E-state index contributed by atoms with van der Waals surface area (Å²) in [6.07, 6.45) is 9.56. The van der Waals surface area contributed by atoms with Gasteiger partial charge in [-0.05, 0) is 44.4 Å². The van der Waals surface area contributed by atoms with E-state index < -0.39 is 0 Å². The Kier molecular flexibility index (Phi) is 4.21. The Morgan fingerprint density at radius 3 is 2.33 bits per heavy atom. The molecular formula is C13H22O2. The quantitative estimate of drug-likeness (QED) is 0.666. The van der Waals surface area contributed by atoms with Gasteiger partial charge in [0.05, 0.1) is 13.2 Å². The molecule has 0 atom stereocenters. The molecule has 0 aromatic rings. The Bertz CT molecular complexity index is 189.